The first kappa shape index (κ1) is 22.7. The number of carbonyl (C=O) groups is 1. The highest BCUT2D eigenvalue weighted by atomic mass is 32.2. The van der Waals surface area contributed by atoms with Gasteiger partial charge in [0.1, 0.15) is 5.69 Å². The average Bonchev–Trinajstić information content (AvgIpc) is 2.77. The third-order valence-corrected chi connectivity index (χ3v) is 8.69. The number of alkyl halides is 3. The zero-order chi connectivity index (χ0) is 23.4. The van der Waals surface area contributed by atoms with E-state index in [0.717, 1.165) is 37.1 Å². The minimum absolute atomic E-state index is 0.0246. The molecule has 4 aliphatic rings. The molecule has 4 fully saturated rings. The van der Waals surface area contributed by atoms with Crippen LogP contribution in [0.5, 0.6) is 0 Å². The number of aromatic nitrogens is 2. The van der Waals surface area contributed by atoms with E-state index in [0.29, 0.717) is 23.3 Å². The molecule has 0 radical (unpaired) electrons. The summed E-state index contributed by atoms with van der Waals surface area (Å²) in [7, 11) is 1.88. The highest BCUT2D eigenvalue weighted by Gasteiger charge is 2.54. The van der Waals surface area contributed by atoms with Crippen molar-refractivity contribution < 1.29 is 18.0 Å². The fourth-order valence-corrected chi connectivity index (χ4v) is 7.45. The first-order valence-corrected chi connectivity index (χ1v) is 12.5. The van der Waals surface area contributed by atoms with E-state index < -0.39 is 17.1 Å². The molecule has 1 amide bonds. The molecular weight excluding hydrogens is 447 g/mol. The first-order valence-electron chi connectivity index (χ1n) is 11.6. The lowest BCUT2D eigenvalue weighted by molar-refractivity contribution is -0.146. The zero-order valence-electron chi connectivity index (χ0n) is 18.8. The van der Waals surface area contributed by atoms with Crippen LogP contribution in [0.25, 0.3) is 11.3 Å². The summed E-state index contributed by atoms with van der Waals surface area (Å²) < 4.78 is 40.6. The predicted octanol–water partition coefficient (Wildman–Crippen LogP) is 6.07. The Kier molecular flexibility index (Phi) is 5.70. The second-order valence-electron chi connectivity index (χ2n) is 10.1. The molecule has 0 saturated heterocycles. The predicted molar refractivity (Wildman–Crippen MR) is 121 cm³/mol. The van der Waals surface area contributed by atoms with Gasteiger partial charge >= 0.3 is 6.18 Å². The third-order valence-electron chi connectivity index (χ3n) is 7.74. The van der Waals surface area contributed by atoms with Crippen molar-refractivity contribution >= 4 is 17.7 Å². The van der Waals surface area contributed by atoms with Gasteiger partial charge in [0.15, 0.2) is 5.16 Å². The average molecular weight is 476 g/mol. The number of nitrogens with zero attached hydrogens (tertiary/aromatic N) is 3. The summed E-state index contributed by atoms with van der Waals surface area (Å²) in [4.78, 5) is 23.5. The van der Waals surface area contributed by atoms with Gasteiger partial charge in [0, 0.05) is 18.2 Å². The van der Waals surface area contributed by atoms with Crippen LogP contribution in [0, 0.1) is 17.8 Å². The molecule has 1 unspecified atom stereocenters. The lowest BCUT2D eigenvalue weighted by Crippen LogP contribution is -2.61. The molecule has 4 bridgehead atoms. The molecule has 33 heavy (non-hydrogen) atoms. The van der Waals surface area contributed by atoms with Crippen molar-refractivity contribution in [2.45, 2.75) is 67.6 Å². The number of amides is 1. The van der Waals surface area contributed by atoms with Crippen molar-refractivity contribution in [2.75, 3.05) is 7.05 Å². The van der Waals surface area contributed by atoms with E-state index in [1.165, 1.54) is 19.3 Å². The van der Waals surface area contributed by atoms with Gasteiger partial charge < -0.3 is 4.90 Å². The van der Waals surface area contributed by atoms with E-state index in [4.69, 9.17) is 0 Å². The van der Waals surface area contributed by atoms with Crippen LogP contribution in [-0.2, 0) is 11.0 Å². The van der Waals surface area contributed by atoms with E-state index in [9.17, 15) is 18.0 Å². The van der Waals surface area contributed by atoms with Crippen LogP contribution in [0.4, 0.5) is 13.2 Å². The van der Waals surface area contributed by atoms with Crippen molar-refractivity contribution in [3.63, 3.8) is 0 Å². The normalized spacial score (nSPS) is 29.2. The monoisotopic (exact) mass is 475 g/mol. The Hall–Kier alpha value is -2.09. The first-order chi connectivity index (χ1) is 15.6. The van der Waals surface area contributed by atoms with Crippen molar-refractivity contribution in [1.29, 1.82) is 0 Å². The van der Waals surface area contributed by atoms with Gasteiger partial charge in [-0.25, -0.2) is 9.97 Å². The lowest BCUT2D eigenvalue weighted by atomic mass is 9.52. The number of hydrogen-bond donors (Lipinski definition) is 0. The summed E-state index contributed by atoms with van der Waals surface area (Å²) in [6.45, 7) is 1.75. The van der Waals surface area contributed by atoms with Crippen LogP contribution in [0.15, 0.2) is 41.6 Å². The Bertz CT molecular complexity index is 1010. The molecule has 4 saturated carbocycles. The molecule has 1 aromatic heterocycles. The summed E-state index contributed by atoms with van der Waals surface area (Å²) in [6.07, 6.45) is 2.42. The number of thioether (sulfide) groups is 1. The fourth-order valence-electron chi connectivity index (χ4n) is 6.57. The minimum Gasteiger partial charge on any atom is -0.339 e. The maximum atomic E-state index is 13.5. The van der Waals surface area contributed by atoms with Gasteiger partial charge in [-0.3, -0.25) is 4.79 Å². The van der Waals surface area contributed by atoms with Crippen molar-refractivity contribution in [3.8, 4) is 11.3 Å². The highest BCUT2D eigenvalue weighted by Crippen LogP contribution is 2.57. The highest BCUT2D eigenvalue weighted by molar-refractivity contribution is 8.00. The van der Waals surface area contributed by atoms with E-state index in [-0.39, 0.29) is 22.3 Å². The Labute approximate surface area is 196 Å². The fraction of sp³-hybridized carbons (Fsp3) is 0.560. The van der Waals surface area contributed by atoms with Gasteiger partial charge in [-0.05, 0) is 69.3 Å². The summed E-state index contributed by atoms with van der Waals surface area (Å²) in [5.74, 6) is 2.06. The van der Waals surface area contributed by atoms with Gasteiger partial charge in [0.25, 0.3) is 0 Å². The molecule has 1 atom stereocenters. The van der Waals surface area contributed by atoms with Crippen LogP contribution >= 0.6 is 11.8 Å². The number of halogens is 3. The molecule has 1 heterocycles. The molecule has 6 rings (SSSR count). The molecular formula is C25H28F3N3OS. The Morgan fingerprint density at radius 2 is 1.64 bits per heavy atom. The van der Waals surface area contributed by atoms with Gasteiger partial charge in [-0.2, -0.15) is 13.2 Å². The van der Waals surface area contributed by atoms with E-state index in [1.54, 1.807) is 37.3 Å². The summed E-state index contributed by atoms with van der Waals surface area (Å²) in [5.41, 5.74) is -0.302. The van der Waals surface area contributed by atoms with Crippen molar-refractivity contribution in [3.05, 3.63) is 42.1 Å². The zero-order valence-corrected chi connectivity index (χ0v) is 19.6. The van der Waals surface area contributed by atoms with Crippen LogP contribution in [0.3, 0.4) is 0 Å². The molecule has 1 aromatic carbocycles. The van der Waals surface area contributed by atoms with Gasteiger partial charge in [-0.1, -0.05) is 42.1 Å². The topological polar surface area (TPSA) is 46.1 Å². The molecule has 8 heteroatoms. The van der Waals surface area contributed by atoms with Crippen LogP contribution in [-0.4, -0.2) is 38.6 Å². The maximum absolute atomic E-state index is 13.5. The van der Waals surface area contributed by atoms with Crippen LogP contribution in [0.2, 0.25) is 0 Å². The largest absolute Gasteiger partial charge is 0.433 e. The summed E-state index contributed by atoms with van der Waals surface area (Å²) in [5, 5.41) is -0.599. The standard InChI is InChI=1S/C25H28F3N3OS/c1-15(22(32)31(2)24-12-16-8-17(13-24)10-18(9-16)14-24)33-23-29-20(19-6-4-3-5-7-19)11-21(30-23)25(26,27)28/h3-7,11,15-18H,8-10,12-14H2,1-2H3. The Morgan fingerprint density at radius 3 is 2.18 bits per heavy atom. The quantitative estimate of drug-likeness (QED) is 0.389. The SMILES string of the molecule is CC(Sc1nc(-c2ccccc2)cc(C(F)(F)F)n1)C(=O)N(C)C12CC3CC(CC(C3)C1)C2. The summed E-state index contributed by atoms with van der Waals surface area (Å²) in [6, 6.07) is 9.70. The molecule has 0 spiro atoms. The molecule has 176 valence electrons. The number of benzene rings is 1. The second-order valence-corrected chi connectivity index (χ2v) is 11.4. The van der Waals surface area contributed by atoms with Gasteiger partial charge in [0.2, 0.25) is 5.91 Å². The van der Waals surface area contributed by atoms with Crippen LogP contribution in [0.1, 0.15) is 51.1 Å². The van der Waals surface area contributed by atoms with E-state index >= 15 is 0 Å². The van der Waals surface area contributed by atoms with E-state index in [1.807, 2.05) is 11.9 Å². The minimum atomic E-state index is -4.59. The molecule has 0 aliphatic heterocycles. The van der Waals surface area contributed by atoms with E-state index in [2.05, 4.69) is 9.97 Å². The Balaban J connectivity index is 1.38. The number of carbonyl (C=O) groups excluding carboxylic acids is 1. The molecule has 4 nitrogen and oxygen atoms in total. The Morgan fingerprint density at radius 1 is 1.06 bits per heavy atom. The molecule has 2 aromatic rings. The van der Waals surface area contributed by atoms with Crippen LogP contribution < -0.4 is 0 Å². The second kappa shape index (κ2) is 8.29. The smallest absolute Gasteiger partial charge is 0.339 e. The third kappa shape index (κ3) is 4.38. The summed E-state index contributed by atoms with van der Waals surface area (Å²) >= 11 is 1.01. The number of hydrogen-bond acceptors (Lipinski definition) is 4. The number of rotatable bonds is 5. The van der Waals surface area contributed by atoms with Gasteiger partial charge in [0.05, 0.1) is 10.9 Å². The van der Waals surface area contributed by atoms with Gasteiger partial charge in [-0.15, -0.1) is 0 Å². The maximum Gasteiger partial charge on any atom is 0.433 e. The molecule has 0 N–H and O–H groups in total. The van der Waals surface area contributed by atoms with Crippen molar-refractivity contribution in [1.82, 2.24) is 14.9 Å². The van der Waals surface area contributed by atoms with Crippen molar-refractivity contribution in [2.24, 2.45) is 17.8 Å². The lowest BCUT2D eigenvalue weighted by Gasteiger charge is -2.60. The molecule has 4 aliphatic carbocycles.